The summed E-state index contributed by atoms with van der Waals surface area (Å²) in [4.78, 5) is 12.3. The summed E-state index contributed by atoms with van der Waals surface area (Å²) >= 11 is 0. The number of aliphatic hydroxyl groups excluding tert-OH is 1. The van der Waals surface area contributed by atoms with Gasteiger partial charge in [0, 0.05) is 5.56 Å². The lowest BCUT2D eigenvalue weighted by molar-refractivity contribution is 0.0817. The molecule has 0 bridgehead atoms. The van der Waals surface area contributed by atoms with Crippen LogP contribution in [0.4, 0.5) is 0 Å². The summed E-state index contributed by atoms with van der Waals surface area (Å²) < 4.78 is 10.3. The van der Waals surface area contributed by atoms with Gasteiger partial charge in [-0.25, -0.2) is 0 Å². The second-order valence-electron chi connectivity index (χ2n) is 4.82. The number of ketones is 1. The van der Waals surface area contributed by atoms with Gasteiger partial charge in [0.1, 0.15) is 6.10 Å². The number of carbonyl (C=O) groups is 1. The molecule has 2 aromatic carbocycles. The van der Waals surface area contributed by atoms with Crippen LogP contribution in [0, 0.1) is 0 Å². The van der Waals surface area contributed by atoms with E-state index in [1.165, 1.54) is 14.2 Å². The van der Waals surface area contributed by atoms with E-state index in [1.54, 1.807) is 42.5 Å². The van der Waals surface area contributed by atoms with E-state index in [4.69, 9.17) is 15.2 Å². The number of hydrogen-bond donors (Lipinski definition) is 2. The van der Waals surface area contributed by atoms with Gasteiger partial charge >= 0.3 is 0 Å². The Morgan fingerprint density at radius 3 is 2.27 bits per heavy atom. The molecule has 0 heterocycles. The van der Waals surface area contributed by atoms with E-state index in [0.717, 1.165) is 0 Å². The fourth-order valence-corrected chi connectivity index (χ4v) is 2.18. The van der Waals surface area contributed by atoms with Gasteiger partial charge in [-0.1, -0.05) is 36.4 Å². The van der Waals surface area contributed by atoms with Crippen LogP contribution in [-0.2, 0) is 0 Å². The Morgan fingerprint density at radius 2 is 1.68 bits per heavy atom. The van der Waals surface area contributed by atoms with E-state index in [2.05, 4.69) is 0 Å². The van der Waals surface area contributed by atoms with E-state index < -0.39 is 12.1 Å². The van der Waals surface area contributed by atoms with Crippen molar-refractivity contribution in [2.75, 3.05) is 14.2 Å². The van der Waals surface area contributed by atoms with E-state index >= 15 is 0 Å². The number of Topliss-reactive ketones (excluding diaryl/α,β-unsaturated/α-hetero) is 1. The van der Waals surface area contributed by atoms with Gasteiger partial charge in [0.15, 0.2) is 17.3 Å². The van der Waals surface area contributed by atoms with Crippen molar-refractivity contribution in [2.24, 2.45) is 5.73 Å². The summed E-state index contributed by atoms with van der Waals surface area (Å²) in [5.41, 5.74) is 6.88. The Balaban J connectivity index is 2.23. The summed E-state index contributed by atoms with van der Waals surface area (Å²) in [6.07, 6.45) is -1.13. The normalized spacial score (nSPS) is 13.3. The van der Waals surface area contributed by atoms with Crippen molar-refractivity contribution in [3.05, 3.63) is 59.7 Å². The van der Waals surface area contributed by atoms with Crippen molar-refractivity contribution in [3.63, 3.8) is 0 Å². The van der Waals surface area contributed by atoms with Crippen LogP contribution in [0.2, 0.25) is 0 Å². The highest BCUT2D eigenvalue weighted by atomic mass is 16.5. The van der Waals surface area contributed by atoms with Crippen LogP contribution in [0.1, 0.15) is 22.0 Å². The van der Waals surface area contributed by atoms with E-state index in [-0.39, 0.29) is 5.78 Å². The zero-order valence-electron chi connectivity index (χ0n) is 12.5. The number of hydrogen-bond acceptors (Lipinski definition) is 5. The van der Waals surface area contributed by atoms with Crippen LogP contribution in [0.5, 0.6) is 11.5 Å². The molecule has 2 aromatic rings. The average Bonchev–Trinajstić information content (AvgIpc) is 2.59. The van der Waals surface area contributed by atoms with Crippen molar-refractivity contribution in [3.8, 4) is 11.5 Å². The maximum atomic E-state index is 12.3. The Hall–Kier alpha value is -2.37. The molecule has 5 heteroatoms. The summed E-state index contributed by atoms with van der Waals surface area (Å²) in [5, 5.41) is 10.4. The highest BCUT2D eigenvalue weighted by molar-refractivity contribution is 6.00. The molecule has 2 rings (SSSR count). The van der Waals surface area contributed by atoms with Gasteiger partial charge < -0.3 is 20.3 Å². The number of benzene rings is 2. The second-order valence-corrected chi connectivity index (χ2v) is 4.82. The van der Waals surface area contributed by atoms with Crippen molar-refractivity contribution in [1.29, 1.82) is 0 Å². The van der Waals surface area contributed by atoms with Crippen molar-refractivity contribution < 1.29 is 19.4 Å². The van der Waals surface area contributed by atoms with Gasteiger partial charge in [-0.15, -0.1) is 0 Å². The number of nitrogens with two attached hydrogens (primary N) is 1. The second kappa shape index (κ2) is 7.06. The fraction of sp³-hybridized carbons (Fsp3) is 0.235. The standard InChI is InChI=1S/C17H19NO4/c1-21-13-9-8-12(10-14(13)22-2)17(20)15(18)16(19)11-6-4-3-5-7-11/h3-10,15,17,20H,18H2,1-2H3. The fourth-order valence-electron chi connectivity index (χ4n) is 2.18. The Morgan fingerprint density at radius 1 is 1.05 bits per heavy atom. The molecular formula is C17H19NO4. The number of methoxy groups -OCH3 is 2. The SMILES string of the molecule is COc1ccc(C(O)C(N)C(=O)c2ccccc2)cc1OC. The van der Waals surface area contributed by atoms with E-state index in [0.29, 0.717) is 22.6 Å². The third kappa shape index (κ3) is 3.27. The number of ether oxygens (including phenoxy) is 2. The third-order valence-electron chi connectivity index (χ3n) is 3.45. The topological polar surface area (TPSA) is 81.8 Å². The van der Waals surface area contributed by atoms with Crippen LogP contribution in [0.25, 0.3) is 0 Å². The quantitative estimate of drug-likeness (QED) is 0.797. The molecule has 0 aliphatic heterocycles. The lowest BCUT2D eigenvalue weighted by Crippen LogP contribution is -2.36. The van der Waals surface area contributed by atoms with Gasteiger partial charge in [0.05, 0.1) is 20.3 Å². The number of carbonyl (C=O) groups excluding carboxylic acids is 1. The maximum absolute atomic E-state index is 12.3. The minimum absolute atomic E-state index is 0.317. The van der Waals surface area contributed by atoms with E-state index in [9.17, 15) is 9.90 Å². The molecule has 5 nitrogen and oxygen atoms in total. The molecular weight excluding hydrogens is 282 g/mol. The van der Waals surface area contributed by atoms with Crippen LogP contribution in [-0.4, -0.2) is 31.2 Å². The monoisotopic (exact) mass is 301 g/mol. The lowest BCUT2D eigenvalue weighted by atomic mass is 9.95. The first-order valence-corrected chi connectivity index (χ1v) is 6.83. The summed E-state index contributed by atoms with van der Waals surface area (Å²) in [6, 6.07) is 12.5. The summed E-state index contributed by atoms with van der Waals surface area (Å²) in [6.45, 7) is 0. The molecule has 3 N–H and O–H groups in total. The first-order chi connectivity index (χ1) is 10.6. The molecule has 2 unspecified atom stereocenters. The zero-order valence-corrected chi connectivity index (χ0v) is 12.5. The van der Waals surface area contributed by atoms with Crippen LogP contribution < -0.4 is 15.2 Å². The number of rotatable bonds is 6. The molecule has 0 radical (unpaired) electrons. The molecule has 0 amide bonds. The molecule has 0 saturated heterocycles. The lowest BCUT2D eigenvalue weighted by Gasteiger charge is -2.19. The van der Waals surface area contributed by atoms with Crippen LogP contribution >= 0.6 is 0 Å². The van der Waals surface area contributed by atoms with Crippen molar-refractivity contribution >= 4 is 5.78 Å². The van der Waals surface area contributed by atoms with Gasteiger partial charge in [-0.3, -0.25) is 4.79 Å². The van der Waals surface area contributed by atoms with Gasteiger partial charge in [0.25, 0.3) is 0 Å². The average molecular weight is 301 g/mol. The Labute approximate surface area is 129 Å². The third-order valence-corrected chi connectivity index (χ3v) is 3.45. The Bertz CT molecular complexity index is 642. The van der Waals surface area contributed by atoms with Crippen molar-refractivity contribution in [1.82, 2.24) is 0 Å². The minimum atomic E-state index is -1.13. The molecule has 0 spiro atoms. The largest absolute Gasteiger partial charge is 0.493 e. The zero-order chi connectivity index (χ0) is 16.1. The summed E-state index contributed by atoms with van der Waals surface area (Å²) in [5.74, 6) is 0.697. The van der Waals surface area contributed by atoms with Crippen LogP contribution in [0.15, 0.2) is 48.5 Å². The van der Waals surface area contributed by atoms with Crippen LogP contribution in [0.3, 0.4) is 0 Å². The van der Waals surface area contributed by atoms with Gasteiger partial charge in [-0.2, -0.15) is 0 Å². The first-order valence-electron chi connectivity index (χ1n) is 6.83. The van der Waals surface area contributed by atoms with Gasteiger partial charge in [0.2, 0.25) is 0 Å². The molecule has 0 fully saturated rings. The smallest absolute Gasteiger partial charge is 0.182 e. The predicted molar refractivity (Wildman–Crippen MR) is 83.3 cm³/mol. The highest BCUT2D eigenvalue weighted by Gasteiger charge is 2.25. The first kappa shape index (κ1) is 16.0. The molecule has 0 aliphatic carbocycles. The molecule has 0 aromatic heterocycles. The number of aliphatic hydroxyl groups is 1. The Kier molecular flexibility index (Phi) is 5.14. The summed E-state index contributed by atoms with van der Waals surface area (Å²) in [7, 11) is 3.03. The molecule has 0 saturated carbocycles. The molecule has 22 heavy (non-hydrogen) atoms. The maximum Gasteiger partial charge on any atom is 0.182 e. The predicted octanol–water partition coefficient (Wildman–Crippen LogP) is 1.95. The minimum Gasteiger partial charge on any atom is -0.493 e. The van der Waals surface area contributed by atoms with Crippen molar-refractivity contribution in [2.45, 2.75) is 12.1 Å². The molecule has 0 aliphatic rings. The van der Waals surface area contributed by atoms with E-state index in [1.807, 2.05) is 6.07 Å². The molecule has 2 atom stereocenters. The molecule has 116 valence electrons. The van der Waals surface area contributed by atoms with Gasteiger partial charge in [-0.05, 0) is 17.7 Å². The highest BCUT2D eigenvalue weighted by Crippen LogP contribution is 2.31.